The molecule has 0 aliphatic heterocycles. The van der Waals surface area contributed by atoms with Gasteiger partial charge in [0.15, 0.2) is 6.29 Å². The van der Waals surface area contributed by atoms with Crippen LogP contribution in [0.5, 0.6) is 0 Å². The minimum atomic E-state index is -5.15. The Balaban J connectivity index is -0.00000338. The predicted molar refractivity (Wildman–Crippen MR) is 105 cm³/mol. The van der Waals surface area contributed by atoms with Gasteiger partial charge < -0.3 is 19.1 Å². The maximum Gasteiger partial charge on any atom is 1.00 e. The molecule has 0 aliphatic carbocycles. The Morgan fingerprint density at radius 3 is 1.55 bits per heavy atom. The molecule has 0 aromatic rings. The van der Waals surface area contributed by atoms with Gasteiger partial charge in [0.2, 0.25) is 0 Å². The minimum Gasteiger partial charge on any atom is -0.788 e. The van der Waals surface area contributed by atoms with E-state index >= 15 is 0 Å². The number of ether oxygens (including phenoxy) is 1. The van der Waals surface area contributed by atoms with Crippen LogP contribution in [0.4, 0.5) is 0 Å². The first-order valence-electron chi connectivity index (χ1n) is 10.9. The van der Waals surface area contributed by atoms with Crippen molar-refractivity contribution in [2.24, 2.45) is 0 Å². The van der Waals surface area contributed by atoms with Gasteiger partial charge in [-0.25, -0.2) is 9.56 Å². The zero-order valence-electron chi connectivity index (χ0n) is 19.7. The second kappa shape index (κ2) is 24.7. The fraction of sp³-hybridized carbons (Fsp3) is 1.00. The summed E-state index contributed by atoms with van der Waals surface area (Å²) in [5, 5.41) is 0. The van der Waals surface area contributed by atoms with Crippen molar-refractivity contribution >= 4 is 7.82 Å². The van der Waals surface area contributed by atoms with Crippen molar-refractivity contribution in [2.45, 2.75) is 129 Å². The van der Waals surface area contributed by atoms with Crippen molar-refractivity contribution in [1.82, 2.24) is 0 Å². The number of unbranched alkanes of at least 4 members (excludes halogenated alkanes) is 12. The third kappa shape index (κ3) is 28.0. The summed E-state index contributed by atoms with van der Waals surface area (Å²) in [5.41, 5.74) is 0. The van der Waals surface area contributed by atoms with Crippen LogP contribution >= 0.6 is 7.82 Å². The summed E-state index contributed by atoms with van der Waals surface area (Å²) in [4.78, 5) is 25.8. The molecule has 0 aromatic carbocycles. The third-order valence-electron chi connectivity index (χ3n) is 4.74. The molecule has 0 amide bonds. The Bertz CT molecular complexity index is 371. The van der Waals surface area contributed by atoms with Gasteiger partial charge in [0.1, 0.15) is 7.82 Å². The predicted octanol–water partition coefficient (Wildman–Crippen LogP) is -0.606. The van der Waals surface area contributed by atoms with E-state index in [4.69, 9.17) is 4.74 Å². The number of hydrogen-bond acceptors (Lipinski definition) is 6. The number of phosphoric acid groups is 1. The van der Waals surface area contributed by atoms with Gasteiger partial charge in [0.05, 0.1) is 6.10 Å². The molecule has 0 radical (unpaired) electrons. The quantitative estimate of drug-likeness (QED) is 0.0609. The topological polar surface area (TPSA) is 90.9 Å². The van der Waals surface area contributed by atoms with Crippen LogP contribution in [0, 0.1) is 0 Å². The Hall–Kier alpha value is 2.03. The van der Waals surface area contributed by atoms with Gasteiger partial charge in [-0.1, -0.05) is 90.9 Å². The van der Waals surface area contributed by atoms with Crippen molar-refractivity contribution in [3.05, 3.63) is 0 Å². The first-order chi connectivity index (χ1) is 12.9. The van der Waals surface area contributed by atoms with Crippen LogP contribution in [-0.2, 0) is 18.9 Å². The molecule has 6 nitrogen and oxygen atoms in total. The fourth-order valence-electron chi connectivity index (χ4n) is 2.92. The Kier molecular flexibility index (Phi) is 30.3. The van der Waals surface area contributed by atoms with Gasteiger partial charge in [-0.3, -0.25) is 0 Å². The van der Waals surface area contributed by atoms with E-state index in [0.29, 0.717) is 6.42 Å². The molecule has 0 saturated carbocycles. The van der Waals surface area contributed by atoms with Crippen molar-refractivity contribution in [2.75, 3.05) is 0 Å². The molecule has 0 rings (SSSR count). The average molecular weight is 454 g/mol. The summed E-state index contributed by atoms with van der Waals surface area (Å²) in [6.07, 6.45) is 16.7. The Morgan fingerprint density at radius 1 is 0.759 bits per heavy atom. The summed E-state index contributed by atoms with van der Waals surface area (Å²) < 4.78 is 20.0. The van der Waals surface area contributed by atoms with Crippen LogP contribution in [0.3, 0.4) is 0 Å². The molecule has 0 heterocycles. The molecule has 2 atom stereocenters. The molecule has 164 valence electrons. The fourth-order valence-corrected chi connectivity index (χ4v) is 3.13. The van der Waals surface area contributed by atoms with E-state index in [1.807, 2.05) is 13.8 Å². The van der Waals surface area contributed by atoms with Gasteiger partial charge in [0, 0.05) is 6.42 Å². The van der Waals surface area contributed by atoms with Crippen LogP contribution in [0.2, 0.25) is 0 Å². The van der Waals surface area contributed by atoms with Crippen molar-refractivity contribution in [3.63, 3.8) is 0 Å². The molecule has 0 bridgehead atoms. The minimum absolute atomic E-state index is 0. The molecule has 0 aromatic heterocycles. The largest absolute Gasteiger partial charge is 1.00 e. The first kappa shape index (κ1) is 35.6. The molecule has 0 aliphatic rings. The molecule has 0 saturated heterocycles. The maximum atomic E-state index is 10.5. The molecule has 9 heteroatoms. The SMILES string of the molecule is CCCCCCCCCCCCCCCC(OOP(=O)([O-])[O-])OC(C)CC.[Na+].[Na+]. The molecule has 0 spiro atoms. The van der Waals surface area contributed by atoms with Crippen LogP contribution in [0.25, 0.3) is 0 Å². The van der Waals surface area contributed by atoms with Crippen LogP contribution in [-0.4, -0.2) is 12.4 Å². The van der Waals surface area contributed by atoms with Gasteiger partial charge in [0.25, 0.3) is 0 Å². The van der Waals surface area contributed by atoms with Crippen LogP contribution in [0.1, 0.15) is 117 Å². The smallest absolute Gasteiger partial charge is 0.788 e. The van der Waals surface area contributed by atoms with E-state index in [1.165, 1.54) is 64.2 Å². The van der Waals surface area contributed by atoms with Crippen molar-refractivity contribution < 1.29 is 87.8 Å². The normalized spacial score (nSPS) is 13.4. The molecule has 29 heavy (non-hydrogen) atoms. The summed E-state index contributed by atoms with van der Waals surface area (Å²) in [6, 6.07) is 0. The van der Waals surface area contributed by atoms with Crippen LogP contribution in [0.15, 0.2) is 0 Å². The van der Waals surface area contributed by atoms with Gasteiger partial charge in [-0.05, 0) is 19.8 Å². The zero-order chi connectivity index (χ0) is 20.4. The number of hydrogen-bond donors (Lipinski definition) is 0. The summed E-state index contributed by atoms with van der Waals surface area (Å²) in [5.74, 6) is 0. The van der Waals surface area contributed by atoms with E-state index in [2.05, 4.69) is 16.5 Å². The number of rotatable bonds is 20. The summed E-state index contributed by atoms with van der Waals surface area (Å²) in [7, 11) is -5.15. The third-order valence-corrected chi connectivity index (χ3v) is 5.01. The molecular weight excluding hydrogens is 413 g/mol. The monoisotopic (exact) mass is 454 g/mol. The van der Waals surface area contributed by atoms with Gasteiger partial charge in [-0.2, -0.15) is 0 Å². The second-order valence-corrected chi connectivity index (χ2v) is 8.48. The Labute approximate surface area is 223 Å². The second-order valence-electron chi connectivity index (χ2n) is 7.43. The zero-order valence-corrected chi connectivity index (χ0v) is 24.6. The van der Waals surface area contributed by atoms with E-state index in [0.717, 1.165) is 25.7 Å². The molecule has 0 N–H and O–H groups in total. The molecule has 0 fully saturated rings. The van der Waals surface area contributed by atoms with Gasteiger partial charge in [-0.15, -0.1) is 0 Å². The van der Waals surface area contributed by atoms with E-state index in [-0.39, 0.29) is 65.2 Å². The molecule has 2 unspecified atom stereocenters. The van der Waals surface area contributed by atoms with E-state index < -0.39 is 14.1 Å². The summed E-state index contributed by atoms with van der Waals surface area (Å²) >= 11 is 0. The standard InChI is InChI=1S/C20H43O6P.2Na/c1-4-6-7-8-9-10-11-12-13-14-15-16-17-18-20(24-19(3)5-2)25-26-27(21,22)23;;/h19-20H,4-18H2,1-3H3,(H2,21,22,23);;/q;2*+1/p-2. The van der Waals surface area contributed by atoms with Crippen molar-refractivity contribution in [3.8, 4) is 0 Å². The average Bonchev–Trinajstić information content (AvgIpc) is 2.62. The maximum absolute atomic E-state index is 10.5. The summed E-state index contributed by atoms with van der Waals surface area (Å²) in [6.45, 7) is 6.07. The van der Waals surface area contributed by atoms with Crippen LogP contribution < -0.4 is 68.9 Å². The van der Waals surface area contributed by atoms with Gasteiger partial charge >= 0.3 is 59.1 Å². The molecular formula is C20H41Na2O6P. The Morgan fingerprint density at radius 2 is 1.17 bits per heavy atom. The van der Waals surface area contributed by atoms with E-state index in [1.54, 1.807) is 0 Å². The van der Waals surface area contributed by atoms with E-state index in [9.17, 15) is 14.4 Å². The van der Waals surface area contributed by atoms with Crippen molar-refractivity contribution in [1.29, 1.82) is 0 Å². The first-order valence-corrected chi connectivity index (χ1v) is 12.4.